The van der Waals surface area contributed by atoms with Crippen LogP contribution in [0.2, 0.25) is 0 Å². The van der Waals surface area contributed by atoms with E-state index in [0.29, 0.717) is 37.2 Å². The number of ether oxygens (including phenoxy) is 2. The summed E-state index contributed by atoms with van der Waals surface area (Å²) in [5.41, 5.74) is 1.10. The number of hydrogen-bond donors (Lipinski definition) is 1. The van der Waals surface area contributed by atoms with Gasteiger partial charge >= 0.3 is 0 Å². The van der Waals surface area contributed by atoms with Crippen LogP contribution in [0.25, 0.3) is 0 Å². The minimum Gasteiger partial charge on any atom is -0.508 e. The van der Waals surface area contributed by atoms with Gasteiger partial charge in [0, 0.05) is 13.1 Å². The normalized spacial score (nSPS) is 21.5. The van der Waals surface area contributed by atoms with E-state index < -0.39 is 0 Å². The molecule has 0 bridgehead atoms. The smallest absolute Gasteiger partial charge is 0.292 e. The molecule has 0 saturated carbocycles. The number of nitrogens with zero attached hydrogens (tertiary/aromatic N) is 1. The van der Waals surface area contributed by atoms with Crippen molar-refractivity contribution < 1.29 is 19.4 Å². The van der Waals surface area contributed by atoms with E-state index in [0.717, 1.165) is 24.9 Å². The van der Waals surface area contributed by atoms with Crippen molar-refractivity contribution in [2.45, 2.75) is 19.8 Å². The van der Waals surface area contributed by atoms with Crippen molar-refractivity contribution in [1.29, 1.82) is 0 Å². The third kappa shape index (κ3) is 3.18. The van der Waals surface area contributed by atoms with Crippen molar-refractivity contribution in [3.05, 3.63) is 41.3 Å². The number of carbonyl (C=O) groups excluding carboxylic acids is 1. The summed E-state index contributed by atoms with van der Waals surface area (Å²) in [7, 11) is 0. The number of allylic oxidation sites excluding steroid dienone is 1. The molecule has 1 N–H and O–H groups in total. The average molecular weight is 303 g/mol. The molecule has 0 spiro atoms. The van der Waals surface area contributed by atoms with E-state index in [9.17, 15) is 9.90 Å². The van der Waals surface area contributed by atoms with Gasteiger partial charge in [-0.2, -0.15) is 0 Å². The molecule has 0 aliphatic carbocycles. The lowest BCUT2D eigenvalue weighted by Gasteiger charge is -2.23. The van der Waals surface area contributed by atoms with Gasteiger partial charge in [0.2, 0.25) is 5.76 Å². The Morgan fingerprint density at radius 3 is 2.95 bits per heavy atom. The molecule has 3 rings (SSSR count). The van der Waals surface area contributed by atoms with Crippen LogP contribution in [0.15, 0.2) is 35.8 Å². The molecule has 2 aliphatic heterocycles. The van der Waals surface area contributed by atoms with Crippen LogP contribution >= 0.6 is 0 Å². The average Bonchev–Trinajstić information content (AvgIpc) is 2.95. The van der Waals surface area contributed by atoms with Gasteiger partial charge in [-0.05, 0) is 43.4 Å². The predicted molar refractivity (Wildman–Crippen MR) is 81.1 cm³/mol. The number of aromatic hydroxyl groups is 1. The molecule has 2 heterocycles. The summed E-state index contributed by atoms with van der Waals surface area (Å²) >= 11 is 0. The molecule has 1 amide bonds. The molecule has 1 atom stereocenters. The van der Waals surface area contributed by atoms with E-state index in [2.05, 4.69) is 0 Å². The van der Waals surface area contributed by atoms with Crippen molar-refractivity contribution in [2.24, 2.45) is 5.92 Å². The lowest BCUT2D eigenvalue weighted by atomic mass is 9.98. The molecule has 1 aromatic carbocycles. The van der Waals surface area contributed by atoms with E-state index in [-0.39, 0.29) is 11.7 Å². The summed E-state index contributed by atoms with van der Waals surface area (Å²) in [4.78, 5) is 14.3. The lowest BCUT2D eigenvalue weighted by molar-refractivity contribution is -0.131. The van der Waals surface area contributed by atoms with Crippen LogP contribution in [0.5, 0.6) is 5.75 Å². The fraction of sp³-hybridized carbons (Fsp3) is 0.471. The number of phenols is 1. The Balaban J connectivity index is 1.61. The zero-order valence-electron chi connectivity index (χ0n) is 12.7. The number of benzene rings is 1. The zero-order valence-corrected chi connectivity index (χ0v) is 12.7. The minimum atomic E-state index is -0.0735. The van der Waals surface area contributed by atoms with Crippen LogP contribution in [0.1, 0.15) is 18.9 Å². The maximum absolute atomic E-state index is 12.5. The Hall–Kier alpha value is -2.17. The van der Waals surface area contributed by atoms with Gasteiger partial charge in [-0.25, -0.2) is 0 Å². The first kappa shape index (κ1) is 14.8. The Morgan fingerprint density at radius 2 is 2.18 bits per heavy atom. The fourth-order valence-electron chi connectivity index (χ4n) is 3.06. The molecule has 1 aromatic rings. The zero-order chi connectivity index (χ0) is 15.5. The van der Waals surface area contributed by atoms with Gasteiger partial charge in [0.05, 0.1) is 0 Å². The molecule has 5 heteroatoms. The predicted octanol–water partition coefficient (Wildman–Crippen LogP) is 2.06. The number of amides is 1. The van der Waals surface area contributed by atoms with Crippen molar-refractivity contribution in [2.75, 3.05) is 26.3 Å². The standard InChI is InChI=1S/C17H21NO4/c1-12-16(22-8-7-21-12)17(20)18-6-5-14(11-18)9-13-3-2-4-15(19)10-13/h2-4,10,14,19H,5-9,11H2,1H3. The van der Waals surface area contributed by atoms with E-state index in [4.69, 9.17) is 9.47 Å². The van der Waals surface area contributed by atoms with Gasteiger partial charge in [0.1, 0.15) is 24.7 Å². The summed E-state index contributed by atoms with van der Waals surface area (Å²) in [6.45, 7) is 4.16. The summed E-state index contributed by atoms with van der Waals surface area (Å²) < 4.78 is 10.9. The first-order valence-corrected chi connectivity index (χ1v) is 7.67. The second-order valence-electron chi connectivity index (χ2n) is 5.86. The monoisotopic (exact) mass is 303 g/mol. The molecule has 2 aliphatic rings. The fourth-order valence-corrected chi connectivity index (χ4v) is 3.06. The molecular formula is C17H21NO4. The number of phenolic OH excluding ortho intramolecular Hbond substituents is 1. The quantitative estimate of drug-likeness (QED) is 0.928. The highest BCUT2D eigenvalue weighted by Gasteiger charge is 2.31. The van der Waals surface area contributed by atoms with Crippen LogP contribution in [-0.4, -0.2) is 42.2 Å². The maximum Gasteiger partial charge on any atom is 0.292 e. The number of rotatable bonds is 3. The Bertz CT molecular complexity index is 596. The summed E-state index contributed by atoms with van der Waals surface area (Å²) in [6, 6.07) is 7.32. The maximum atomic E-state index is 12.5. The van der Waals surface area contributed by atoms with Crippen LogP contribution in [-0.2, 0) is 20.7 Å². The number of carbonyl (C=O) groups is 1. The second kappa shape index (κ2) is 6.30. The number of hydrogen-bond acceptors (Lipinski definition) is 4. The Labute approximate surface area is 130 Å². The molecule has 0 radical (unpaired) electrons. The van der Waals surface area contributed by atoms with Gasteiger partial charge in [-0.1, -0.05) is 12.1 Å². The van der Waals surface area contributed by atoms with Crippen LogP contribution < -0.4 is 0 Å². The summed E-state index contributed by atoms with van der Waals surface area (Å²) in [5.74, 6) is 1.56. The molecular weight excluding hydrogens is 282 g/mol. The van der Waals surface area contributed by atoms with Crippen molar-refractivity contribution >= 4 is 5.91 Å². The van der Waals surface area contributed by atoms with Crippen molar-refractivity contribution in [3.8, 4) is 5.75 Å². The topological polar surface area (TPSA) is 59.0 Å². The third-order valence-corrected chi connectivity index (χ3v) is 4.17. The molecule has 1 saturated heterocycles. The Morgan fingerprint density at radius 1 is 1.36 bits per heavy atom. The van der Waals surface area contributed by atoms with Gasteiger partial charge in [-0.15, -0.1) is 0 Å². The van der Waals surface area contributed by atoms with Gasteiger partial charge in [-0.3, -0.25) is 4.79 Å². The highest BCUT2D eigenvalue weighted by molar-refractivity contribution is 5.92. The van der Waals surface area contributed by atoms with Crippen LogP contribution in [0.4, 0.5) is 0 Å². The van der Waals surface area contributed by atoms with Crippen LogP contribution in [0, 0.1) is 5.92 Å². The van der Waals surface area contributed by atoms with E-state index >= 15 is 0 Å². The first-order chi connectivity index (χ1) is 10.6. The summed E-state index contributed by atoms with van der Waals surface area (Å²) in [5, 5.41) is 9.53. The lowest BCUT2D eigenvalue weighted by Crippen LogP contribution is -2.33. The molecule has 0 aromatic heterocycles. The highest BCUT2D eigenvalue weighted by Crippen LogP contribution is 2.25. The third-order valence-electron chi connectivity index (χ3n) is 4.17. The SMILES string of the molecule is CC1=C(C(=O)N2CCC(Cc3cccc(O)c3)C2)OCCO1. The first-order valence-electron chi connectivity index (χ1n) is 7.67. The molecule has 1 unspecified atom stereocenters. The largest absolute Gasteiger partial charge is 0.508 e. The van der Waals surface area contributed by atoms with E-state index in [1.54, 1.807) is 19.1 Å². The van der Waals surface area contributed by atoms with Crippen LogP contribution in [0.3, 0.4) is 0 Å². The molecule has 1 fully saturated rings. The minimum absolute atomic E-state index is 0.0735. The van der Waals surface area contributed by atoms with E-state index in [1.807, 2.05) is 17.0 Å². The molecule has 118 valence electrons. The van der Waals surface area contributed by atoms with Gasteiger partial charge in [0.25, 0.3) is 5.91 Å². The van der Waals surface area contributed by atoms with Gasteiger partial charge in [0.15, 0.2) is 0 Å². The highest BCUT2D eigenvalue weighted by atomic mass is 16.6. The summed E-state index contributed by atoms with van der Waals surface area (Å²) in [6.07, 6.45) is 1.84. The van der Waals surface area contributed by atoms with Gasteiger partial charge < -0.3 is 19.5 Å². The molecule has 22 heavy (non-hydrogen) atoms. The molecule has 5 nitrogen and oxygen atoms in total. The van der Waals surface area contributed by atoms with E-state index in [1.165, 1.54) is 0 Å². The van der Waals surface area contributed by atoms with Crippen molar-refractivity contribution in [3.63, 3.8) is 0 Å². The second-order valence-corrected chi connectivity index (χ2v) is 5.86. The number of likely N-dealkylation sites (tertiary alicyclic amines) is 1. The van der Waals surface area contributed by atoms with Crippen molar-refractivity contribution in [1.82, 2.24) is 4.90 Å². The Kier molecular flexibility index (Phi) is 4.22.